The van der Waals surface area contributed by atoms with Gasteiger partial charge in [0.2, 0.25) is 0 Å². The molecule has 0 spiro atoms. The minimum absolute atomic E-state index is 0.602. The van der Waals surface area contributed by atoms with Gasteiger partial charge in [-0.05, 0) is 32.4 Å². The molecule has 0 aliphatic rings. The molecule has 106 valence electrons. The number of aromatic nitrogens is 2. The van der Waals surface area contributed by atoms with E-state index < -0.39 is 5.60 Å². The van der Waals surface area contributed by atoms with Gasteiger partial charge in [-0.25, -0.2) is 4.98 Å². The van der Waals surface area contributed by atoms with E-state index in [1.807, 2.05) is 29.1 Å². The standard InChI is InChI=1S/C14H23N3OS/c1-11(2)9-15-5-4-14(3,18)8-12-10-17-6-7-19-13(17)16-12/h6-7,10-11,15,18H,4-5,8-9H2,1-3H3. The Morgan fingerprint density at radius 3 is 3.00 bits per heavy atom. The van der Waals surface area contributed by atoms with Crippen molar-refractivity contribution in [3.63, 3.8) is 0 Å². The summed E-state index contributed by atoms with van der Waals surface area (Å²) in [5.74, 6) is 0.643. The number of aliphatic hydroxyl groups is 1. The van der Waals surface area contributed by atoms with Crippen LogP contribution in [-0.4, -0.2) is 33.2 Å². The second-order valence-corrected chi connectivity index (χ2v) is 6.72. The summed E-state index contributed by atoms with van der Waals surface area (Å²) in [6, 6.07) is 0. The van der Waals surface area contributed by atoms with Gasteiger partial charge in [-0.3, -0.25) is 4.40 Å². The number of hydrogen-bond acceptors (Lipinski definition) is 4. The number of nitrogens with one attached hydrogen (secondary N) is 1. The highest BCUT2D eigenvalue weighted by molar-refractivity contribution is 7.15. The molecule has 0 aromatic carbocycles. The van der Waals surface area contributed by atoms with E-state index in [1.54, 1.807) is 11.3 Å². The summed E-state index contributed by atoms with van der Waals surface area (Å²) >= 11 is 1.62. The first-order valence-electron chi connectivity index (χ1n) is 6.80. The fraction of sp³-hybridized carbons (Fsp3) is 0.643. The average molecular weight is 281 g/mol. The number of imidazole rings is 1. The largest absolute Gasteiger partial charge is 0.390 e. The van der Waals surface area contributed by atoms with Crippen LogP contribution in [0.15, 0.2) is 17.8 Å². The Kier molecular flexibility index (Phi) is 4.60. The summed E-state index contributed by atoms with van der Waals surface area (Å²) in [6.45, 7) is 8.09. The Labute approximate surface area is 118 Å². The summed E-state index contributed by atoms with van der Waals surface area (Å²) < 4.78 is 2.01. The molecule has 0 saturated heterocycles. The molecule has 2 heterocycles. The van der Waals surface area contributed by atoms with Crippen molar-refractivity contribution in [2.24, 2.45) is 5.92 Å². The predicted octanol–water partition coefficient (Wildman–Crippen LogP) is 2.33. The topological polar surface area (TPSA) is 49.6 Å². The van der Waals surface area contributed by atoms with Crippen LogP contribution in [0.25, 0.3) is 4.96 Å². The van der Waals surface area contributed by atoms with Gasteiger partial charge in [-0.1, -0.05) is 13.8 Å². The van der Waals surface area contributed by atoms with E-state index in [1.165, 1.54) is 0 Å². The Morgan fingerprint density at radius 2 is 2.32 bits per heavy atom. The first kappa shape index (κ1) is 14.5. The number of rotatable bonds is 7. The highest BCUT2D eigenvalue weighted by atomic mass is 32.1. The van der Waals surface area contributed by atoms with Gasteiger partial charge in [0, 0.05) is 24.2 Å². The summed E-state index contributed by atoms with van der Waals surface area (Å²) in [6.07, 6.45) is 5.34. The summed E-state index contributed by atoms with van der Waals surface area (Å²) in [7, 11) is 0. The average Bonchev–Trinajstić information content (AvgIpc) is 2.84. The molecule has 2 aromatic heterocycles. The number of thiazole rings is 1. The Bertz CT molecular complexity index is 487. The summed E-state index contributed by atoms with van der Waals surface area (Å²) in [5.41, 5.74) is 0.259. The molecule has 0 fully saturated rings. The molecule has 2 N–H and O–H groups in total. The highest BCUT2D eigenvalue weighted by Gasteiger charge is 2.22. The molecule has 5 heteroatoms. The van der Waals surface area contributed by atoms with Crippen LogP contribution in [-0.2, 0) is 6.42 Å². The van der Waals surface area contributed by atoms with Crippen LogP contribution in [0, 0.1) is 5.92 Å². The molecular weight excluding hydrogens is 258 g/mol. The van der Waals surface area contributed by atoms with Crippen LogP contribution in [0.2, 0.25) is 0 Å². The molecule has 2 aromatic rings. The Morgan fingerprint density at radius 1 is 1.53 bits per heavy atom. The third kappa shape index (κ3) is 4.30. The lowest BCUT2D eigenvalue weighted by molar-refractivity contribution is 0.0505. The minimum Gasteiger partial charge on any atom is -0.390 e. The molecule has 0 radical (unpaired) electrons. The zero-order valence-electron chi connectivity index (χ0n) is 11.9. The van der Waals surface area contributed by atoms with E-state index in [0.717, 1.165) is 30.2 Å². The lowest BCUT2D eigenvalue weighted by Gasteiger charge is -2.22. The molecule has 1 atom stereocenters. The van der Waals surface area contributed by atoms with Crippen LogP contribution < -0.4 is 5.32 Å². The zero-order chi connectivity index (χ0) is 13.9. The summed E-state index contributed by atoms with van der Waals surface area (Å²) in [5, 5.41) is 15.8. The summed E-state index contributed by atoms with van der Waals surface area (Å²) in [4.78, 5) is 5.51. The van der Waals surface area contributed by atoms with Crippen LogP contribution >= 0.6 is 11.3 Å². The third-order valence-corrected chi connectivity index (χ3v) is 3.87. The van der Waals surface area contributed by atoms with E-state index in [4.69, 9.17) is 0 Å². The van der Waals surface area contributed by atoms with Gasteiger partial charge in [0.25, 0.3) is 0 Å². The first-order chi connectivity index (χ1) is 8.96. The maximum Gasteiger partial charge on any atom is 0.193 e. The molecule has 2 rings (SSSR count). The van der Waals surface area contributed by atoms with E-state index >= 15 is 0 Å². The van der Waals surface area contributed by atoms with Crippen LogP contribution in [0.5, 0.6) is 0 Å². The monoisotopic (exact) mass is 281 g/mol. The second-order valence-electron chi connectivity index (χ2n) is 5.85. The van der Waals surface area contributed by atoms with Crippen molar-refractivity contribution in [1.82, 2.24) is 14.7 Å². The van der Waals surface area contributed by atoms with Crippen LogP contribution in [0.4, 0.5) is 0 Å². The number of fused-ring (bicyclic) bond motifs is 1. The maximum absolute atomic E-state index is 10.4. The second kappa shape index (κ2) is 6.03. The molecule has 4 nitrogen and oxygen atoms in total. The molecule has 0 amide bonds. The van der Waals surface area contributed by atoms with Crippen molar-refractivity contribution >= 4 is 16.3 Å². The lowest BCUT2D eigenvalue weighted by Crippen LogP contribution is -2.33. The van der Waals surface area contributed by atoms with E-state index in [9.17, 15) is 5.11 Å². The zero-order valence-corrected chi connectivity index (χ0v) is 12.7. The van der Waals surface area contributed by atoms with E-state index in [2.05, 4.69) is 24.1 Å². The molecule has 19 heavy (non-hydrogen) atoms. The normalized spacial score (nSPS) is 15.2. The molecule has 0 saturated carbocycles. The van der Waals surface area contributed by atoms with Crippen molar-refractivity contribution in [2.75, 3.05) is 13.1 Å². The van der Waals surface area contributed by atoms with Gasteiger partial charge >= 0.3 is 0 Å². The van der Waals surface area contributed by atoms with Gasteiger partial charge in [0.15, 0.2) is 4.96 Å². The fourth-order valence-corrected chi connectivity index (χ4v) is 2.81. The highest BCUT2D eigenvalue weighted by Crippen LogP contribution is 2.18. The van der Waals surface area contributed by atoms with Crippen molar-refractivity contribution in [3.8, 4) is 0 Å². The Hall–Kier alpha value is -0.910. The number of nitrogens with zero attached hydrogens (tertiary/aromatic N) is 2. The lowest BCUT2D eigenvalue weighted by atomic mass is 9.96. The SMILES string of the molecule is CC(C)CNCCC(C)(O)Cc1cn2ccsc2n1. The minimum atomic E-state index is -0.700. The first-order valence-corrected chi connectivity index (χ1v) is 7.68. The third-order valence-electron chi connectivity index (χ3n) is 3.10. The molecule has 1 unspecified atom stereocenters. The maximum atomic E-state index is 10.4. The van der Waals surface area contributed by atoms with Crippen molar-refractivity contribution < 1.29 is 5.11 Å². The fourth-order valence-electron chi connectivity index (χ4n) is 2.09. The van der Waals surface area contributed by atoms with E-state index in [-0.39, 0.29) is 0 Å². The van der Waals surface area contributed by atoms with Gasteiger partial charge in [0.1, 0.15) is 0 Å². The van der Waals surface area contributed by atoms with Gasteiger partial charge in [-0.2, -0.15) is 0 Å². The van der Waals surface area contributed by atoms with Crippen LogP contribution in [0.3, 0.4) is 0 Å². The van der Waals surface area contributed by atoms with Crippen molar-refractivity contribution in [1.29, 1.82) is 0 Å². The van der Waals surface area contributed by atoms with Gasteiger partial charge < -0.3 is 10.4 Å². The van der Waals surface area contributed by atoms with Crippen LogP contribution in [0.1, 0.15) is 32.9 Å². The van der Waals surface area contributed by atoms with E-state index in [0.29, 0.717) is 12.3 Å². The van der Waals surface area contributed by atoms with Crippen molar-refractivity contribution in [2.45, 2.75) is 39.2 Å². The molecule has 0 bridgehead atoms. The molecular formula is C14H23N3OS. The predicted molar refractivity (Wildman–Crippen MR) is 79.7 cm³/mol. The number of hydrogen-bond donors (Lipinski definition) is 2. The van der Waals surface area contributed by atoms with Gasteiger partial charge in [0.05, 0.1) is 11.3 Å². The molecule has 0 aliphatic carbocycles. The Balaban J connectivity index is 1.84. The van der Waals surface area contributed by atoms with Gasteiger partial charge in [-0.15, -0.1) is 11.3 Å². The smallest absolute Gasteiger partial charge is 0.193 e. The van der Waals surface area contributed by atoms with Crippen molar-refractivity contribution in [3.05, 3.63) is 23.5 Å². The quantitative estimate of drug-likeness (QED) is 0.766. The molecule has 0 aliphatic heterocycles.